The number of amides is 1. The molecule has 2 aliphatic carbocycles. The Balaban J connectivity index is 1.33. The van der Waals surface area contributed by atoms with Gasteiger partial charge in [0.05, 0.1) is 29.9 Å². The first kappa shape index (κ1) is 44.4. The van der Waals surface area contributed by atoms with Gasteiger partial charge in [-0.05, 0) is 109 Å². The van der Waals surface area contributed by atoms with E-state index in [1.54, 1.807) is 53.4 Å². The third kappa shape index (κ3) is 8.95. The highest BCUT2D eigenvalue weighted by atomic mass is 19.1. The molecule has 4 aliphatic rings. The number of oxime groups is 1. The molecule has 1 amide bonds. The maximum Gasteiger partial charge on any atom is 0.254 e. The first-order valence-corrected chi connectivity index (χ1v) is 22.0. The number of aliphatic hydroxyl groups excluding tert-OH is 2. The number of halogens is 1. The molecule has 1 saturated carbocycles. The Labute approximate surface area is 373 Å². The molecule has 4 aromatic rings. The number of aliphatic hydroxyl groups is 2. The minimum absolute atomic E-state index is 0.0145. The highest BCUT2D eigenvalue weighted by Gasteiger charge is 2.65. The van der Waals surface area contributed by atoms with Gasteiger partial charge in [0.25, 0.3) is 5.91 Å². The van der Waals surface area contributed by atoms with Crippen LogP contribution in [0.25, 0.3) is 0 Å². The molecule has 13 heteroatoms. The van der Waals surface area contributed by atoms with Crippen LogP contribution in [-0.2, 0) is 22.7 Å². The number of nitriles is 1. The van der Waals surface area contributed by atoms with Crippen molar-refractivity contribution in [2.45, 2.75) is 75.8 Å². The quantitative estimate of drug-likeness (QED) is 0.0532. The van der Waals surface area contributed by atoms with Gasteiger partial charge in [-0.1, -0.05) is 54.4 Å². The van der Waals surface area contributed by atoms with Crippen molar-refractivity contribution in [3.63, 3.8) is 0 Å². The largest absolute Gasteiger partial charge is 0.489 e. The fourth-order valence-electron chi connectivity index (χ4n) is 10.0. The molecular formula is C51H54FN3O9. The number of fused-ring (bicyclic) bond motifs is 3. The fraction of sp³-hybridized carbons (Fsp3) is 0.392. The van der Waals surface area contributed by atoms with Gasteiger partial charge in [-0.2, -0.15) is 5.26 Å². The Bertz CT molecular complexity index is 2410. The van der Waals surface area contributed by atoms with E-state index in [0.717, 1.165) is 42.4 Å². The minimum atomic E-state index is -1.52. The maximum absolute atomic E-state index is 15.3. The van der Waals surface area contributed by atoms with E-state index >= 15 is 4.79 Å². The number of carbonyl (C=O) groups is 1. The molecule has 2 heterocycles. The molecule has 64 heavy (non-hydrogen) atoms. The molecule has 6 atom stereocenters. The summed E-state index contributed by atoms with van der Waals surface area (Å²) in [4.78, 5) is 22.7. The number of rotatable bonds is 19. The first-order valence-electron chi connectivity index (χ1n) is 22.0. The summed E-state index contributed by atoms with van der Waals surface area (Å²) < 4.78 is 47.0. The predicted octanol–water partition coefficient (Wildman–Crippen LogP) is 8.61. The summed E-state index contributed by atoms with van der Waals surface area (Å²) in [5.41, 5.74) is 4.38. The van der Waals surface area contributed by atoms with Gasteiger partial charge in [-0.15, -0.1) is 6.58 Å². The van der Waals surface area contributed by atoms with Gasteiger partial charge < -0.3 is 43.6 Å². The second kappa shape index (κ2) is 20.1. The highest BCUT2D eigenvalue weighted by molar-refractivity contribution is 6.03. The van der Waals surface area contributed by atoms with Gasteiger partial charge in [0, 0.05) is 48.8 Å². The van der Waals surface area contributed by atoms with Crippen LogP contribution >= 0.6 is 0 Å². The van der Waals surface area contributed by atoms with Crippen LogP contribution in [0.1, 0.15) is 83.5 Å². The van der Waals surface area contributed by atoms with Gasteiger partial charge in [0.2, 0.25) is 12.6 Å². The molecule has 0 spiro atoms. The summed E-state index contributed by atoms with van der Waals surface area (Å²) >= 11 is 0. The molecule has 4 aromatic carbocycles. The van der Waals surface area contributed by atoms with Crippen LogP contribution in [0.3, 0.4) is 0 Å². The minimum Gasteiger partial charge on any atom is -0.489 e. The van der Waals surface area contributed by atoms with Crippen molar-refractivity contribution in [3.8, 4) is 29.1 Å². The van der Waals surface area contributed by atoms with Gasteiger partial charge in [0.15, 0.2) is 11.5 Å². The van der Waals surface area contributed by atoms with Gasteiger partial charge in [-0.25, -0.2) is 4.39 Å². The Hall–Kier alpha value is -6.20. The zero-order valence-corrected chi connectivity index (χ0v) is 36.0. The molecule has 1 fully saturated rings. The van der Waals surface area contributed by atoms with E-state index in [1.165, 1.54) is 13.2 Å². The van der Waals surface area contributed by atoms with Crippen molar-refractivity contribution in [2.24, 2.45) is 22.9 Å². The summed E-state index contributed by atoms with van der Waals surface area (Å²) in [6.45, 7) is 4.46. The van der Waals surface area contributed by atoms with Crippen LogP contribution < -0.4 is 18.9 Å². The number of hydrogen-bond acceptors (Lipinski definition) is 11. The van der Waals surface area contributed by atoms with Crippen molar-refractivity contribution in [1.82, 2.24) is 4.90 Å². The summed E-state index contributed by atoms with van der Waals surface area (Å²) in [5, 5.41) is 34.2. The van der Waals surface area contributed by atoms with E-state index in [4.69, 9.17) is 33.7 Å². The lowest BCUT2D eigenvalue weighted by Gasteiger charge is -2.60. The Morgan fingerprint density at radius 3 is 2.50 bits per heavy atom. The zero-order chi connectivity index (χ0) is 44.6. The predicted molar refractivity (Wildman–Crippen MR) is 236 cm³/mol. The Kier molecular flexibility index (Phi) is 13.9. The zero-order valence-electron chi connectivity index (χ0n) is 36.0. The van der Waals surface area contributed by atoms with Crippen molar-refractivity contribution >= 4 is 11.6 Å². The van der Waals surface area contributed by atoms with Crippen LogP contribution in [0.2, 0.25) is 0 Å². The van der Waals surface area contributed by atoms with Crippen LogP contribution in [0.5, 0.6) is 23.0 Å². The summed E-state index contributed by atoms with van der Waals surface area (Å²) in [6.07, 6.45) is 8.46. The van der Waals surface area contributed by atoms with Crippen LogP contribution in [-0.4, -0.2) is 72.3 Å². The van der Waals surface area contributed by atoms with Crippen LogP contribution in [0.4, 0.5) is 4.39 Å². The molecule has 0 radical (unpaired) electrons. The lowest BCUT2D eigenvalue weighted by Crippen LogP contribution is -2.70. The van der Waals surface area contributed by atoms with Crippen LogP contribution in [0, 0.1) is 34.9 Å². The topological polar surface area (TPSA) is 152 Å². The van der Waals surface area contributed by atoms with Crippen molar-refractivity contribution in [3.05, 3.63) is 143 Å². The number of allylic oxidation sites excluding steroid dienone is 1. The van der Waals surface area contributed by atoms with E-state index in [9.17, 15) is 19.9 Å². The molecule has 334 valence electrons. The average Bonchev–Trinajstić information content (AvgIpc) is 3.79. The number of nitrogens with zero attached hydrogens (tertiary/aromatic N) is 3. The molecule has 12 nitrogen and oxygen atoms in total. The van der Waals surface area contributed by atoms with E-state index in [2.05, 4.69) is 18.7 Å². The summed E-state index contributed by atoms with van der Waals surface area (Å²) in [7, 11) is 1.51. The summed E-state index contributed by atoms with van der Waals surface area (Å²) in [5.74, 6) is -0.797. The fourth-order valence-corrected chi connectivity index (χ4v) is 10.0. The lowest BCUT2D eigenvalue weighted by atomic mass is 9.55. The molecule has 2 N–H and O–H groups in total. The Morgan fingerprint density at radius 2 is 1.75 bits per heavy atom. The van der Waals surface area contributed by atoms with Crippen LogP contribution in [0.15, 0.2) is 114 Å². The standard InChI is InChI=1S/C51H54FN3O9/c1-3-24-63-51-47(55(50(58)35-17-14-33(29-53)15-18-35)30-34-16-20-45-46(25-34)62-32-61-45)28-43(54-59-2)40-26-36(10-6-8-22-56)39(12-7-9-23-57)48(49(40)51)41-27-38(19-21-44(41)64-51)60-31-37-11-4-5-13-42(37)52/h3-5,11,13-21,25-27,36,39,47-49,56-57H,1,6-10,12,22-24,28,30-32H2,2H3/t36-,39+,47-,48+,49+,51+/m0/s1. The molecule has 2 aliphatic heterocycles. The molecular weight excluding hydrogens is 818 g/mol. The molecule has 0 saturated heterocycles. The second-order valence-electron chi connectivity index (χ2n) is 16.6. The number of hydrogen-bond donors (Lipinski definition) is 2. The van der Waals surface area contributed by atoms with Gasteiger partial charge >= 0.3 is 0 Å². The van der Waals surface area contributed by atoms with Gasteiger partial charge in [-0.3, -0.25) is 4.79 Å². The first-order chi connectivity index (χ1) is 31.3. The average molecular weight is 872 g/mol. The third-order valence-corrected chi connectivity index (χ3v) is 12.9. The van der Waals surface area contributed by atoms with E-state index in [-0.39, 0.29) is 75.7 Å². The van der Waals surface area contributed by atoms with Gasteiger partial charge in [0.1, 0.15) is 37.1 Å². The smallest absolute Gasteiger partial charge is 0.254 e. The van der Waals surface area contributed by atoms with Crippen molar-refractivity contribution in [1.29, 1.82) is 5.26 Å². The van der Waals surface area contributed by atoms with E-state index < -0.39 is 17.7 Å². The summed E-state index contributed by atoms with van der Waals surface area (Å²) in [6, 6.07) is 25.7. The van der Waals surface area contributed by atoms with Crippen molar-refractivity contribution < 1.29 is 47.9 Å². The SMILES string of the molecule is C=CCO[C@@]12Oc3ccc(OCc4ccccc4F)cc3[C@H]3[C@H](CCCCO)[C@@H](CCCCO)C=C(C(=NOC)C[C@@H]1N(Cc1ccc4c(c1)OCO4)C(=O)c1ccc(C#N)cc1)[C@H]32. The van der Waals surface area contributed by atoms with E-state index in [0.29, 0.717) is 58.2 Å². The number of ether oxygens (including phenoxy) is 5. The molecule has 0 aromatic heterocycles. The molecule has 0 bridgehead atoms. The van der Waals surface area contributed by atoms with E-state index in [1.807, 2.05) is 36.4 Å². The lowest BCUT2D eigenvalue weighted by molar-refractivity contribution is -0.255. The normalized spacial score (nSPS) is 23.2. The second-order valence-corrected chi connectivity index (χ2v) is 16.6. The third-order valence-electron chi connectivity index (χ3n) is 12.9. The maximum atomic E-state index is 15.3. The van der Waals surface area contributed by atoms with Crippen molar-refractivity contribution in [2.75, 3.05) is 33.7 Å². The molecule has 8 rings (SSSR count). The highest BCUT2D eigenvalue weighted by Crippen LogP contribution is 2.62. The molecule has 0 unspecified atom stereocenters. The monoisotopic (exact) mass is 871 g/mol. The number of carbonyl (C=O) groups excluding carboxylic acids is 1. The number of benzene rings is 4. The Morgan fingerprint density at radius 1 is 0.984 bits per heavy atom. The number of unbranched alkanes of at least 4 members (excludes halogenated alkanes) is 2.